The fraction of sp³-hybridized carbons (Fsp3) is 0.370. The van der Waals surface area contributed by atoms with Crippen LogP contribution in [0.3, 0.4) is 0 Å². The number of thiophene rings is 1. The van der Waals surface area contributed by atoms with E-state index in [0.717, 1.165) is 53.2 Å². The van der Waals surface area contributed by atoms with Crippen LogP contribution in [-0.2, 0) is 19.4 Å². The first-order chi connectivity index (χ1) is 17.1. The van der Waals surface area contributed by atoms with E-state index in [-0.39, 0.29) is 5.91 Å². The summed E-state index contributed by atoms with van der Waals surface area (Å²) in [5.74, 6) is 2.42. The number of anilines is 2. The zero-order chi connectivity index (χ0) is 24.8. The molecule has 35 heavy (non-hydrogen) atoms. The van der Waals surface area contributed by atoms with E-state index in [2.05, 4.69) is 10.6 Å². The van der Waals surface area contributed by atoms with Crippen LogP contribution < -0.4 is 29.6 Å². The molecule has 0 fully saturated rings. The van der Waals surface area contributed by atoms with Crippen LogP contribution in [0.15, 0.2) is 36.4 Å². The lowest BCUT2D eigenvalue weighted by Crippen LogP contribution is -2.15. The van der Waals surface area contributed by atoms with Gasteiger partial charge in [0.2, 0.25) is 5.75 Å². The van der Waals surface area contributed by atoms with Gasteiger partial charge in [0, 0.05) is 22.7 Å². The maximum absolute atomic E-state index is 13.5. The zero-order valence-corrected chi connectivity index (χ0v) is 21.5. The number of carbonyl (C=O) groups is 1. The summed E-state index contributed by atoms with van der Waals surface area (Å²) in [5, 5.41) is 7.46. The maximum atomic E-state index is 13.5. The fourth-order valence-electron chi connectivity index (χ4n) is 4.45. The van der Waals surface area contributed by atoms with Gasteiger partial charge in [-0.1, -0.05) is 6.42 Å². The van der Waals surface area contributed by atoms with Gasteiger partial charge in [-0.25, -0.2) is 0 Å². The second-order valence-electron chi connectivity index (χ2n) is 8.30. The lowest BCUT2D eigenvalue weighted by molar-refractivity contribution is 0.102. The van der Waals surface area contributed by atoms with Gasteiger partial charge in [-0.05, 0) is 67.6 Å². The monoisotopic (exact) mass is 496 g/mol. The van der Waals surface area contributed by atoms with E-state index in [1.165, 1.54) is 16.9 Å². The van der Waals surface area contributed by atoms with E-state index < -0.39 is 0 Å². The number of aryl methyl sites for hydroxylation is 1. The molecule has 0 spiro atoms. The van der Waals surface area contributed by atoms with Crippen molar-refractivity contribution in [3.8, 4) is 23.0 Å². The van der Waals surface area contributed by atoms with Crippen molar-refractivity contribution in [2.45, 2.75) is 38.6 Å². The molecule has 0 saturated heterocycles. The highest BCUT2D eigenvalue weighted by molar-refractivity contribution is 7.16. The van der Waals surface area contributed by atoms with Crippen molar-refractivity contribution in [2.24, 2.45) is 0 Å². The average Bonchev–Trinajstić information content (AvgIpc) is 3.08. The first-order valence-electron chi connectivity index (χ1n) is 11.7. The first kappa shape index (κ1) is 24.7. The number of ether oxygens (including phenoxy) is 4. The number of hydrogen-bond acceptors (Lipinski definition) is 7. The largest absolute Gasteiger partial charge is 0.497 e. The Morgan fingerprint density at radius 3 is 2.29 bits per heavy atom. The maximum Gasteiger partial charge on any atom is 0.258 e. The Morgan fingerprint density at radius 1 is 0.857 bits per heavy atom. The summed E-state index contributed by atoms with van der Waals surface area (Å²) in [7, 11) is 6.43. The van der Waals surface area contributed by atoms with Gasteiger partial charge in [0.15, 0.2) is 11.5 Å². The molecule has 7 nitrogen and oxygen atoms in total. The van der Waals surface area contributed by atoms with Crippen molar-refractivity contribution in [3.63, 3.8) is 0 Å². The van der Waals surface area contributed by atoms with Gasteiger partial charge < -0.3 is 29.6 Å². The van der Waals surface area contributed by atoms with Crippen LogP contribution >= 0.6 is 11.3 Å². The summed E-state index contributed by atoms with van der Waals surface area (Å²) in [6.07, 6.45) is 5.35. The lowest BCUT2D eigenvalue weighted by atomic mass is 10.0. The van der Waals surface area contributed by atoms with Gasteiger partial charge in [-0.3, -0.25) is 4.79 Å². The molecule has 4 rings (SSSR count). The third-order valence-electron chi connectivity index (χ3n) is 6.22. The van der Waals surface area contributed by atoms with Crippen LogP contribution in [0, 0.1) is 0 Å². The fourth-order valence-corrected chi connectivity index (χ4v) is 5.74. The highest BCUT2D eigenvalue weighted by atomic mass is 32.1. The molecule has 1 aromatic heterocycles. The Bertz CT molecular complexity index is 1170. The van der Waals surface area contributed by atoms with Gasteiger partial charge in [0.1, 0.15) is 10.8 Å². The van der Waals surface area contributed by atoms with Gasteiger partial charge >= 0.3 is 0 Å². The Kier molecular flexibility index (Phi) is 8.02. The highest BCUT2D eigenvalue weighted by Crippen LogP contribution is 2.42. The minimum Gasteiger partial charge on any atom is -0.497 e. The number of amides is 1. The summed E-state index contributed by atoms with van der Waals surface area (Å²) in [6, 6.07) is 11.2. The Morgan fingerprint density at radius 2 is 1.60 bits per heavy atom. The second-order valence-corrected chi connectivity index (χ2v) is 9.40. The SMILES string of the molecule is COc1ccc(NC(=O)c2c(NCc3ccc(OC)c(OC)c3OC)sc3c2CCCCC3)cc1. The highest BCUT2D eigenvalue weighted by Gasteiger charge is 2.25. The van der Waals surface area contributed by atoms with E-state index in [9.17, 15) is 4.79 Å². The third kappa shape index (κ3) is 5.32. The molecular weight excluding hydrogens is 464 g/mol. The number of rotatable bonds is 9. The Hall–Kier alpha value is -3.39. The van der Waals surface area contributed by atoms with Crippen LogP contribution in [0.5, 0.6) is 23.0 Å². The Balaban J connectivity index is 1.63. The van der Waals surface area contributed by atoms with Crippen molar-refractivity contribution < 1.29 is 23.7 Å². The molecular formula is C27H32N2O5S. The minimum atomic E-state index is -0.101. The molecule has 1 amide bonds. The Labute approximate surface area is 210 Å². The van der Waals surface area contributed by atoms with Crippen LogP contribution in [0.4, 0.5) is 10.7 Å². The van der Waals surface area contributed by atoms with Crippen molar-refractivity contribution in [2.75, 3.05) is 39.1 Å². The predicted molar refractivity (Wildman–Crippen MR) is 140 cm³/mol. The number of benzene rings is 2. The molecule has 0 unspecified atom stereocenters. The lowest BCUT2D eigenvalue weighted by Gasteiger charge is -2.16. The molecule has 2 aromatic carbocycles. The van der Waals surface area contributed by atoms with Gasteiger partial charge in [0.25, 0.3) is 5.91 Å². The smallest absolute Gasteiger partial charge is 0.258 e. The molecule has 0 radical (unpaired) electrons. The van der Waals surface area contributed by atoms with E-state index >= 15 is 0 Å². The van der Waals surface area contributed by atoms with Crippen LogP contribution in [0.2, 0.25) is 0 Å². The summed E-state index contributed by atoms with van der Waals surface area (Å²) in [4.78, 5) is 14.8. The predicted octanol–water partition coefficient (Wildman–Crippen LogP) is 5.92. The third-order valence-corrected chi connectivity index (χ3v) is 7.47. The van der Waals surface area contributed by atoms with Gasteiger partial charge in [-0.2, -0.15) is 0 Å². The van der Waals surface area contributed by atoms with Crippen LogP contribution in [0.25, 0.3) is 0 Å². The molecule has 2 N–H and O–H groups in total. The molecule has 0 bridgehead atoms. The zero-order valence-electron chi connectivity index (χ0n) is 20.7. The second kappa shape index (κ2) is 11.4. The van der Waals surface area contributed by atoms with Crippen molar-refractivity contribution >= 4 is 27.9 Å². The van der Waals surface area contributed by atoms with Crippen LogP contribution in [-0.4, -0.2) is 34.3 Å². The number of hydrogen-bond donors (Lipinski definition) is 2. The number of methoxy groups -OCH3 is 4. The molecule has 0 atom stereocenters. The average molecular weight is 497 g/mol. The standard InChI is InChI=1S/C27H32N2O5S/c1-31-19-13-11-18(12-14-19)29-26(30)23-20-8-6-5-7-9-22(20)35-27(23)28-16-17-10-15-21(32-2)25(34-4)24(17)33-3/h10-15,28H,5-9,16H2,1-4H3,(H,29,30). The minimum absolute atomic E-state index is 0.101. The molecule has 0 saturated carbocycles. The molecule has 1 heterocycles. The molecule has 8 heteroatoms. The molecule has 3 aromatic rings. The van der Waals surface area contributed by atoms with Gasteiger partial charge in [-0.15, -0.1) is 11.3 Å². The van der Waals surface area contributed by atoms with Crippen molar-refractivity contribution in [1.29, 1.82) is 0 Å². The molecule has 1 aliphatic rings. The van der Waals surface area contributed by atoms with Crippen molar-refractivity contribution in [3.05, 3.63) is 58.0 Å². The number of carbonyl (C=O) groups excluding carboxylic acids is 1. The number of fused-ring (bicyclic) bond motifs is 1. The van der Waals surface area contributed by atoms with E-state index in [1.807, 2.05) is 36.4 Å². The molecule has 1 aliphatic carbocycles. The first-order valence-corrected chi connectivity index (χ1v) is 12.5. The number of nitrogens with one attached hydrogen (secondary N) is 2. The van der Waals surface area contributed by atoms with E-state index in [4.69, 9.17) is 18.9 Å². The summed E-state index contributed by atoms with van der Waals surface area (Å²) < 4.78 is 21.8. The molecule has 186 valence electrons. The quantitative estimate of drug-likeness (QED) is 0.358. The summed E-state index contributed by atoms with van der Waals surface area (Å²) in [5.41, 5.74) is 3.55. The van der Waals surface area contributed by atoms with Gasteiger partial charge in [0.05, 0.1) is 34.0 Å². The van der Waals surface area contributed by atoms with Crippen LogP contribution in [0.1, 0.15) is 45.6 Å². The summed E-state index contributed by atoms with van der Waals surface area (Å²) in [6.45, 7) is 0.478. The summed E-state index contributed by atoms with van der Waals surface area (Å²) >= 11 is 1.68. The molecule has 0 aliphatic heterocycles. The van der Waals surface area contributed by atoms with E-state index in [1.54, 1.807) is 39.8 Å². The normalized spacial score (nSPS) is 12.8. The topological polar surface area (TPSA) is 78.1 Å². The van der Waals surface area contributed by atoms with E-state index in [0.29, 0.717) is 23.8 Å². The van der Waals surface area contributed by atoms with Crippen molar-refractivity contribution in [1.82, 2.24) is 0 Å².